The van der Waals surface area contributed by atoms with Gasteiger partial charge in [-0.05, 0) is 80.1 Å². The van der Waals surface area contributed by atoms with E-state index in [4.69, 9.17) is 32.7 Å². The molecule has 0 unspecified atom stereocenters. The van der Waals surface area contributed by atoms with Crippen molar-refractivity contribution in [2.24, 2.45) is 0 Å². The van der Waals surface area contributed by atoms with E-state index in [1.54, 1.807) is 36.4 Å². The van der Waals surface area contributed by atoms with Crippen molar-refractivity contribution >= 4 is 44.8 Å². The van der Waals surface area contributed by atoms with Crippen LogP contribution in [0.25, 0.3) is 0 Å². The number of aryl methyl sites for hydroxylation is 1. The number of benzene rings is 3. The number of carbonyl (C=O) groups is 1. The molecule has 0 atom stereocenters. The Morgan fingerprint density at radius 1 is 0.943 bits per heavy atom. The number of rotatable bonds is 11. The Balaban J connectivity index is 1.71. The van der Waals surface area contributed by atoms with Gasteiger partial charge >= 0.3 is 0 Å². The first-order valence-corrected chi connectivity index (χ1v) is 13.1. The second-order valence-electron chi connectivity index (χ2n) is 7.50. The predicted octanol–water partition coefficient (Wildman–Crippen LogP) is 5.09. The topological polar surface area (TPSA) is 84.9 Å². The molecule has 0 aliphatic rings. The lowest BCUT2D eigenvalue weighted by Crippen LogP contribution is -2.41. The molecule has 35 heavy (non-hydrogen) atoms. The normalized spacial score (nSPS) is 11.1. The van der Waals surface area contributed by atoms with E-state index >= 15 is 0 Å². The van der Waals surface area contributed by atoms with E-state index in [1.807, 2.05) is 19.9 Å². The van der Waals surface area contributed by atoms with Gasteiger partial charge in [0.25, 0.3) is 10.0 Å². The van der Waals surface area contributed by atoms with Crippen LogP contribution in [0.15, 0.2) is 71.6 Å². The summed E-state index contributed by atoms with van der Waals surface area (Å²) in [6.45, 7) is 4.18. The highest BCUT2D eigenvalue weighted by atomic mass is 35.5. The van der Waals surface area contributed by atoms with Crippen molar-refractivity contribution in [2.75, 3.05) is 30.6 Å². The highest BCUT2D eigenvalue weighted by Gasteiger charge is 2.27. The molecule has 0 radical (unpaired) electrons. The number of anilines is 1. The van der Waals surface area contributed by atoms with E-state index in [0.717, 1.165) is 9.87 Å². The summed E-state index contributed by atoms with van der Waals surface area (Å²) >= 11 is 12.0. The Morgan fingerprint density at radius 2 is 1.60 bits per heavy atom. The summed E-state index contributed by atoms with van der Waals surface area (Å²) in [5, 5.41) is 3.69. The van der Waals surface area contributed by atoms with Gasteiger partial charge in [-0.15, -0.1) is 0 Å². The van der Waals surface area contributed by atoms with Crippen molar-refractivity contribution in [1.82, 2.24) is 5.32 Å². The van der Waals surface area contributed by atoms with Crippen LogP contribution in [0.3, 0.4) is 0 Å². The van der Waals surface area contributed by atoms with Gasteiger partial charge in [0, 0.05) is 10.0 Å². The zero-order chi connectivity index (χ0) is 25.4. The van der Waals surface area contributed by atoms with Gasteiger partial charge in [-0.25, -0.2) is 8.42 Å². The summed E-state index contributed by atoms with van der Waals surface area (Å²) in [4.78, 5) is 12.7. The second kappa shape index (κ2) is 12.2. The first-order valence-electron chi connectivity index (χ1n) is 10.9. The average Bonchev–Trinajstić information content (AvgIpc) is 2.83. The number of hydrogen-bond acceptors (Lipinski definition) is 5. The molecular formula is C25H26Cl2N2O5S. The molecule has 10 heteroatoms. The molecule has 0 fully saturated rings. The van der Waals surface area contributed by atoms with E-state index in [9.17, 15) is 13.2 Å². The minimum absolute atomic E-state index is 0.0168. The maximum atomic E-state index is 13.4. The Bertz CT molecular complexity index is 1250. The van der Waals surface area contributed by atoms with Gasteiger partial charge in [0.2, 0.25) is 5.91 Å². The van der Waals surface area contributed by atoms with Crippen molar-refractivity contribution in [3.63, 3.8) is 0 Å². The lowest BCUT2D eigenvalue weighted by Gasteiger charge is -2.24. The molecular weight excluding hydrogens is 511 g/mol. The fraction of sp³-hybridized carbons (Fsp3) is 0.240. The molecule has 7 nitrogen and oxygen atoms in total. The lowest BCUT2D eigenvalue weighted by atomic mass is 10.2. The Kier molecular flexibility index (Phi) is 9.26. The summed E-state index contributed by atoms with van der Waals surface area (Å²) in [6, 6.07) is 17.6. The van der Waals surface area contributed by atoms with Crippen LogP contribution in [0, 0.1) is 6.92 Å². The standard InChI is InChI=1S/C25H26Cl2N2O5S/c1-3-33-21-10-7-20(8-11-21)29(35(31,32)23-12-5-19(26)6-13-23)17-25(30)28-14-15-34-22-9-4-18(2)24(27)16-22/h4-13,16H,3,14-15,17H2,1-2H3,(H,28,30). The molecule has 0 saturated heterocycles. The van der Waals surface area contributed by atoms with E-state index in [-0.39, 0.29) is 18.0 Å². The van der Waals surface area contributed by atoms with E-state index in [0.29, 0.717) is 33.8 Å². The molecule has 0 aromatic heterocycles. The maximum absolute atomic E-state index is 13.4. The third kappa shape index (κ3) is 7.27. The quantitative estimate of drug-likeness (QED) is 0.345. The molecule has 0 saturated carbocycles. The van der Waals surface area contributed by atoms with Gasteiger partial charge < -0.3 is 14.8 Å². The molecule has 3 aromatic carbocycles. The van der Waals surface area contributed by atoms with Gasteiger partial charge in [-0.1, -0.05) is 29.3 Å². The summed E-state index contributed by atoms with van der Waals surface area (Å²) < 4.78 is 38.9. The molecule has 0 heterocycles. The summed E-state index contributed by atoms with van der Waals surface area (Å²) in [6.07, 6.45) is 0. The molecule has 0 spiro atoms. The lowest BCUT2D eigenvalue weighted by molar-refractivity contribution is -0.119. The smallest absolute Gasteiger partial charge is 0.264 e. The summed E-state index contributed by atoms with van der Waals surface area (Å²) in [5.41, 5.74) is 1.26. The van der Waals surface area contributed by atoms with Crippen LogP contribution in [0.2, 0.25) is 10.0 Å². The van der Waals surface area contributed by atoms with Crippen LogP contribution < -0.4 is 19.1 Å². The van der Waals surface area contributed by atoms with Crippen molar-refractivity contribution in [3.8, 4) is 11.5 Å². The minimum Gasteiger partial charge on any atom is -0.494 e. The molecule has 1 N–H and O–H groups in total. The highest BCUT2D eigenvalue weighted by Crippen LogP contribution is 2.26. The molecule has 3 rings (SSSR count). The van der Waals surface area contributed by atoms with Crippen LogP contribution in [0.1, 0.15) is 12.5 Å². The van der Waals surface area contributed by atoms with E-state index < -0.39 is 22.5 Å². The van der Waals surface area contributed by atoms with Gasteiger partial charge in [-0.2, -0.15) is 0 Å². The van der Waals surface area contributed by atoms with Crippen LogP contribution >= 0.6 is 23.2 Å². The zero-order valence-electron chi connectivity index (χ0n) is 19.3. The summed E-state index contributed by atoms with van der Waals surface area (Å²) in [7, 11) is -4.05. The number of carbonyl (C=O) groups excluding carboxylic acids is 1. The maximum Gasteiger partial charge on any atom is 0.264 e. The van der Waals surface area contributed by atoms with Crippen molar-refractivity contribution in [2.45, 2.75) is 18.7 Å². The summed E-state index contributed by atoms with van der Waals surface area (Å²) in [5.74, 6) is 0.691. The number of ether oxygens (including phenoxy) is 2. The SMILES string of the molecule is CCOc1ccc(N(CC(=O)NCCOc2ccc(C)c(Cl)c2)S(=O)(=O)c2ccc(Cl)cc2)cc1. The number of hydrogen-bond donors (Lipinski definition) is 1. The molecule has 0 bridgehead atoms. The van der Waals surface area contributed by atoms with Crippen LogP contribution in [0.4, 0.5) is 5.69 Å². The third-order valence-corrected chi connectivity index (χ3v) is 7.41. The molecule has 3 aromatic rings. The second-order valence-corrected chi connectivity index (χ2v) is 10.2. The molecule has 0 aliphatic carbocycles. The van der Waals surface area contributed by atoms with Crippen molar-refractivity contribution in [1.29, 1.82) is 0 Å². The van der Waals surface area contributed by atoms with E-state index in [2.05, 4.69) is 5.32 Å². The number of amides is 1. The van der Waals surface area contributed by atoms with Gasteiger partial charge in [0.15, 0.2) is 0 Å². The van der Waals surface area contributed by atoms with Crippen LogP contribution in [-0.2, 0) is 14.8 Å². The number of nitrogens with one attached hydrogen (secondary N) is 1. The molecule has 1 amide bonds. The Hall–Kier alpha value is -2.94. The molecule has 0 aliphatic heterocycles. The van der Waals surface area contributed by atoms with Crippen molar-refractivity contribution < 1.29 is 22.7 Å². The van der Waals surface area contributed by atoms with Crippen molar-refractivity contribution in [3.05, 3.63) is 82.3 Å². The third-order valence-electron chi connectivity index (χ3n) is 4.96. The Morgan fingerprint density at radius 3 is 2.23 bits per heavy atom. The zero-order valence-corrected chi connectivity index (χ0v) is 21.7. The molecule has 186 valence electrons. The van der Waals surface area contributed by atoms with Crippen LogP contribution in [-0.4, -0.2) is 40.6 Å². The predicted molar refractivity (Wildman–Crippen MR) is 138 cm³/mol. The van der Waals surface area contributed by atoms with Gasteiger partial charge in [-0.3, -0.25) is 9.10 Å². The number of halogens is 2. The largest absolute Gasteiger partial charge is 0.494 e. The van der Waals surface area contributed by atoms with Crippen LogP contribution in [0.5, 0.6) is 11.5 Å². The first kappa shape index (κ1) is 26.7. The fourth-order valence-corrected chi connectivity index (χ4v) is 4.85. The number of nitrogens with zero attached hydrogens (tertiary/aromatic N) is 1. The van der Waals surface area contributed by atoms with E-state index in [1.165, 1.54) is 24.3 Å². The van der Waals surface area contributed by atoms with Gasteiger partial charge in [0.1, 0.15) is 24.7 Å². The first-order chi connectivity index (χ1) is 16.7. The fourth-order valence-electron chi connectivity index (χ4n) is 3.13. The number of sulfonamides is 1. The highest BCUT2D eigenvalue weighted by molar-refractivity contribution is 7.92. The Labute approximate surface area is 215 Å². The van der Waals surface area contributed by atoms with Gasteiger partial charge in [0.05, 0.1) is 23.7 Å². The average molecular weight is 537 g/mol. The monoisotopic (exact) mass is 536 g/mol. The minimum atomic E-state index is -4.05.